The second-order valence-electron chi connectivity index (χ2n) is 6.53. The molecule has 1 aliphatic heterocycles. The lowest BCUT2D eigenvalue weighted by atomic mass is 9.92. The third-order valence-electron chi connectivity index (χ3n) is 4.66. The van der Waals surface area contributed by atoms with Gasteiger partial charge < -0.3 is 10.0 Å². The summed E-state index contributed by atoms with van der Waals surface area (Å²) in [6, 6.07) is 11.2. The summed E-state index contributed by atoms with van der Waals surface area (Å²) in [6.45, 7) is 6.45. The van der Waals surface area contributed by atoms with Gasteiger partial charge in [-0.2, -0.15) is 0 Å². The number of carboxylic acid groups (broad SMARTS) is 1. The van der Waals surface area contributed by atoms with Gasteiger partial charge in [-0.3, -0.25) is 9.69 Å². The molecule has 1 heterocycles. The number of hydrogen-bond acceptors (Lipinski definition) is 3. The van der Waals surface area contributed by atoms with Gasteiger partial charge >= 0.3 is 5.97 Å². The van der Waals surface area contributed by atoms with Gasteiger partial charge in [0, 0.05) is 25.6 Å². The van der Waals surface area contributed by atoms with Gasteiger partial charge in [0.15, 0.2) is 0 Å². The molecule has 1 aromatic carbocycles. The highest BCUT2D eigenvalue weighted by Gasteiger charge is 2.28. The largest absolute Gasteiger partial charge is 0.481 e. The maximum atomic E-state index is 10.6. The molecular weight excluding hydrogens is 276 g/mol. The third kappa shape index (κ3) is 5.11. The summed E-state index contributed by atoms with van der Waals surface area (Å²) in [6.07, 6.45) is 2.17. The topological polar surface area (TPSA) is 43.8 Å². The molecule has 0 saturated carbocycles. The molecule has 0 aromatic heterocycles. The van der Waals surface area contributed by atoms with Crippen LogP contribution in [0.25, 0.3) is 0 Å². The van der Waals surface area contributed by atoms with Crippen LogP contribution in [0, 0.1) is 5.92 Å². The molecule has 2 atom stereocenters. The molecule has 122 valence electrons. The predicted octanol–water partition coefficient (Wildman–Crippen LogP) is 2.69. The molecule has 22 heavy (non-hydrogen) atoms. The number of carbonyl (C=O) groups is 1. The van der Waals surface area contributed by atoms with Crippen molar-refractivity contribution in [3.63, 3.8) is 0 Å². The molecule has 0 unspecified atom stereocenters. The standard InChI is InChI=1S/C18H28N2O2/c1-15-13-20(14-16-7-4-3-5-8-16)12-10-17(15)19(2)11-6-9-18(21)22/h3-5,7-8,15,17H,6,9-14H2,1-2H3,(H,21,22)/t15-,17-/m1/s1. The molecule has 1 N–H and O–H groups in total. The van der Waals surface area contributed by atoms with E-state index in [0.29, 0.717) is 12.0 Å². The van der Waals surface area contributed by atoms with E-state index in [1.54, 1.807) is 0 Å². The lowest BCUT2D eigenvalue weighted by Crippen LogP contribution is -2.48. The van der Waals surface area contributed by atoms with Crippen molar-refractivity contribution in [1.82, 2.24) is 9.80 Å². The van der Waals surface area contributed by atoms with Crippen LogP contribution in [0.2, 0.25) is 0 Å². The van der Waals surface area contributed by atoms with Crippen molar-refractivity contribution in [2.75, 3.05) is 26.7 Å². The quantitative estimate of drug-likeness (QED) is 0.841. The fourth-order valence-electron chi connectivity index (χ4n) is 3.51. The zero-order valence-electron chi connectivity index (χ0n) is 13.7. The van der Waals surface area contributed by atoms with Crippen molar-refractivity contribution in [3.05, 3.63) is 35.9 Å². The second-order valence-corrected chi connectivity index (χ2v) is 6.53. The Balaban J connectivity index is 1.78. The highest BCUT2D eigenvalue weighted by molar-refractivity contribution is 5.66. The summed E-state index contributed by atoms with van der Waals surface area (Å²) in [5, 5.41) is 8.74. The Hall–Kier alpha value is -1.39. The summed E-state index contributed by atoms with van der Waals surface area (Å²) in [7, 11) is 2.13. The third-order valence-corrected chi connectivity index (χ3v) is 4.66. The van der Waals surface area contributed by atoms with E-state index in [1.807, 2.05) is 0 Å². The maximum absolute atomic E-state index is 10.6. The Morgan fingerprint density at radius 2 is 2.09 bits per heavy atom. The predicted molar refractivity (Wildman–Crippen MR) is 88.8 cm³/mol. The van der Waals surface area contributed by atoms with E-state index >= 15 is 0 Å². The molecular formula is C18H28N2O2. The van der Waals surface area contributed by atoms with Crippen LogP contribution in [0.4, 0.5) is 0 Å². The second kappa shape index (κ2) is 8.30. The molecule has 1 saturated heterocycles. The van der Waals surface area contributed by atoms with Crippen molar-refractivity contribution in [3.8, 4) is 0 Å². The number of piperidine rings is 1. The Kier molecular flexibility index (Phi) is 6.40. The Labute approximate surface area is 133 Å². The van der Waals surface area contributed by atoms with E-state index in [9.17, 15) is 4.79 Å². The molecule has 0 aliphatic carbocycles. The minimum Gasteiger partial charge on any atom is -0.481 e. The van der Waals surface area contributed by atoms with Crippen LogP contribution in [0.3, 0.4) is 0 Å². The normalized spacial score (nSPS) is 22.9. The van der Waals surface area contributed by atoms with E-state index in [4.69, 9.17) is 5.11 Å². The van der Waals surface area contributed by atoms with E-state index < -0.39 is 5.97 Å². The maximum Gasteiger partial charge on any atom is 0.303 e. The molecule has 0 spiro atoms. The smallest absolute Gasteiger partial charge is 0.303 e. The lowest BCUT2D eigenvalue weighted by Gasteiger charge is -2.41. The minimum atomic E-state index is -0.695. The minimum absolute atomic E-state index is 0.269. The molecule has 1 aromatic rings. The fourth-order valence-corrected chi connectivity index (χ4v) is 3.51. The van der Waals surface area contributed by atoms with Gasteiger partial charge in [0.1, 0.15) is 0 Å². The monoisotopic (exact) mass is 304 g/mol. The van der Waals surface area contributed by atoms with Gasteiger partial charge in [-0.25, -0.2) is 0 Å². The van der Waals surface area contributed by atoms with Crippen molar-refractivity contribution in [2.45, 2.75) is 38.8 Å². The van der Waals surface area contributed by atoms with E-state index in [2.05, 4.69) is 54.1 Å². The van der Waals surface area contributed by atoms with Gasteiger partial charge in [0.2, 0.25) is 0 Å². The van der Waals surface area contributed by atoms with E-state index in [-0.39, 0.29) is 6.42 Å². The van der Waals surface area contributed by atoms with Crippen molar-refractivity contribution in [1.29, 1.82) is 0 Å². The highest BCUT2D eigenvalue weighted by atomic mass is 16.4. The van der Waals surface area contributed by atoms with Crippen LogP contribution in [0.1, 0.15) is 31.7 Å². The van der Waals surface area contributed by atoms with Gasteiger partial charge in [-0.1, -0.05) is 37.3 Å². The Morgan fingerprint density at radius 3 is 2.73 bits per heavy atom. The molecule has 1 fully saturated rings. The number of rotatable bonds is 7. The number of benzene rings is 1. The number of carboxylic acids is 1. The van der Waals surface area contributed by atoms with Crippen LogP contribution in [0.5, 0.6) is 0 Å². The van der Waals surface area contributed by atoms with Crippen LogP contribution in [0.15, 0.2) is 30.3 Å². The average Bonchev–Trinajstić information content (AvgIpc) is 2.48. The molecule has 1 aliphatic rings. The summed E-state index contributed by atoms with van der Waals surface area (Å²) in [5.74, 6) is -0.0774. The number of nitrogens with zero attached hydrogens (tertiary/aromatic N) is 2. The van der Waals surface area contributed by atoms with Gasteiger partial charge in [-0.05, 0) is 44.5 Å². The lowest BCUT2D eigenvalue weighted by molar-refractivity contribution is -0.137. The fraction of sp³-hybridized carbons (Fsp3) is 0.611. The van der Waals surface area contributed by atoms with Gasteiger partial charge in [0.05, 0.1) is 0 Å². The highest BCUT2D eigenvalue weighted by Crippen LogP contribution is 2.23. The van der Waals surface area contributed by atoms with Crippen LogP contribution in [-0.2, 0) is 11.3 Å². The molecule has 0 bridgehead atoms. The van der Waals surface area contributed by atoms with Crippen LogP contribution < -0.4 is 0 Å². The van der Waals surface area contributed by atoms with E-state index in [1.165, 1.54) is 5.56 Å². The van der Waals surface area contributed by atoms with Crippen molar-refractivity contribution < 1.29 is 9.90 Å². The molecule has 0 radical (unpaired) electrons. The first-order valence-electron chi connectivity index (χ1n) is 8.24. The molecule has 4 heteroatoms. The number of likely N-dealkylation sites (tertiary alicyclic amines) is 1. The van der Waals surface area contributed by atoms with Crippen molar-refractivity contribution >= 4 is 5.97 Å². The van der Waals surface area contributed by atoms with Crippen LogP contribution >= 0.6 is 0 Å². The van der Waals surface area contributed by atoms with Crippen molar-refractivity contribution in [2.24, 2.45) is 5.92 Å². The summed E-state index contributed by atoms with van der Waals surface area (Å²) in [4.78, 5) is 15.5. The Bertz CT molecular complexity index is 463. The summed E-state index contributed by atoms with van der Waals surface area (Å²) in [5.41, 5.74) is 1.38. The zero-order valence-corrected chi connectivity index (χ0v) is 13.7. The first kappa shape index (κ1) is 17.0. The number of hydrogen-bond donors (Lipinski definition) is 1. The molecule has 4 nitrogen and oxygen atoms in total. The first-order valence-corrected chi connectivity index (χ1v) is 8.24. The Morgan fingerprint density at radius 1 is 1.36 bits per heavy atom. The summed E-state index contributed by atoms with van der Waals surface area (Å²) >= 11 is 0. The van der Waals surface area contributed by atoms with E-state index in [0.717, 1.165) is 39.0 Å². The van der Waals surface area contributed by atoms with Gasteiger partial charge in [0.25, 0.3) is 0 Å². The molecule has 2 rings (SSSR count). The first-order chi connectivity index (χ1) is 10.6. The van der Waals surface area contributed by atoms with Crippen LogP contribution in [-0.4, -0.2) is 53.6 Å². The van der Waals surface area contributed by atoms with Gasteiger partial charge in [-0.15, -0.1) is 0 Å². The average molecular weight is 304 g/mol. The molecule has 0 amide bonds. The zero-order chi connectivity index (χ0) is 15.9. The summed E-state index contributed by atoms with van der Waals surface area (Å²) < 4.78 is 0. The SMILES string of the molecule is C[C@@H]1CN(Cc2ccccc2)CC[C@H]1N(C)CCCC(=O)O. The number of aliphatic carboxylic acids is 1.